The second-order valence-electron chi connectivity index (χ2n) is 5.27. The highest BCUT2D eigenvalue weighted by molar-refractivity contribution is 5.32. The second kappa shape index (κ2) is 7.52. The lowest BCUT2D eigenvalue weighted by atomic mass is 9.88. The fourth-order valence-corrected chi connectivity index (χ4v) is 2.67. The zero-order chi connectivity index (χ0) is 15.0. The van der Waals surface area contributed by atoms with Crippen LogP contribution in [-0.4, -0.2) is 21.7 Å². The first-order valence-electron chi connectivity index (χ1n) is 7.58. The highest BCUT2D eigenvalue weighted by atomic mass is 15.2. The fourth-order valence-electron chi connectivity index (χ4n) is 2.67. The van der Waals surface area contributed by atoms with Crippen molar-refractivity contribution in [3.63, 3.8) is 0 Å². The van der Waals surface area contributed by atoms with E-state index in [9.17, 15) is 0 Å². The molecule has 4 nitrogen and oxygen atoms in total. The third kappa shape index (κ3) is 3.80. The quantitative estimate of drug-likeness (QED) is 0.658. The van der Waals surface area contributed by atoms with E-state index >= 15 is 0 Å². The average Bonchev–Trinajstić information content (AvgIpc) is 3.10. The van der Waals surface area contributed by atoms with Crippen molar-refractivity contribution in [2.24, 2.45) is 0 Å². The van der Waals surface area contributed by atoms with E-state index < -0.39 is 0 Å². The van der Waals surface area contributed by atoms with Gasteiger partial charge in [0.1, 0.15) is 12.2 Å². The van der Waals surface area contributed by atoms with Crippen LogP contribution < -0.4 is 5.32 Å². The molecule has 0 aliphatic carbocycles. The van der Waals surface area contributed by atoms with Crippen molar-refractivity contribution in [2.45, 2.75) is 18.9 Å². The van der Waals surface area contributed by atoms with Crippen molar-refractivity contribution in [3.05, 3.63) is 83.9 Å². The number of hydrogen-bond donors (Lipinski definition) is 2. The van der Waals surface area contributed by atoms with E-state index in [1.54, 1.807) is 0 Å². The highest BCUT2D eigenvalue weighted by Crippen LogP contribution is 2.27. The summed E-state index contributed by atoms with van der Waals surface area (Å²) in [6.07, 6.45) is 2.58. The molecule has 2 aromatic carbocycles. The Morgan fingerprint density at radius 1 is 0.909 bits per heavy atom. The van der Waals surface area contributed by atoms with E-state index in [-0.39, 0.29) is 0 Å². The molecule has 0 radical (unpaired) electrons. The molecule has 0 aliphatic rings. The van der Waals surface area contributed by atoms with Gasteiger partial charge in [0, 0.05) is 5.92 Å². The summed E-state index contributed by atoms with van der Waals surface area (Å²) in [6, 6.07) is 21.4. The van der Waals surface area contributed by atoms with Crippen LogP contribution in [0.2, 0.25) is 0 Å². The van der Waals surface area contributed by atoms with Crippen LogP contribution in [0.1, 0.15) is 29.3 Å². The summed E-state index contributed by atoms with van der Waals surface area (Å²) in [6.45, 7) is 1.64. The SMILES string of the molecule is c1ccc(C(CCNCc2ncn[nH]2)c2ccccc2)cc1. The number of aromatic amines is 1. The van der Waals surface area contributed by atoms with Crippen molar-refractivity contribution in [2.75, 3.05) is 6.54 Å². The van der Waals surface area contributed by atoms with Gasteiger partial charge in [0.2, 0.25) is 0 Å². The second-order valence-corrected chi connectivity index (χ2v) is 5.27. The van der Waals surface area contributed by atoms with Crippen LogP contribution in [-0.2, 0) is 6.54 Å². The van der Waals surface area contributed by atoms with Gasteiger partial charge in [-0.3, -0.25) is 5.10 Å². The Balaban J connectivity index is 1.64. The van der Waals surface area contributed by atoms with Gasteiger partial charge in [0.25, 0.3) is 0 Å². The van der Waals surface area contributed by atoms with Crippen LogP contribution in [0.3, 0.4) is 0 Å². The maximum atomic E-state index is 4.12. The number of aromatic nitrogens is 3. The molecule has 0 atom stereocenters. The van der Waals surface area contributed by atoms with Crippen LogP contribution in [0.15, 0.2) is 67.0 Å². The number of benzene rings is 2. The van der Waals surface area contributed by atoms with Crippen molar-refractivity contribution in [3.8, 4) is 0 Å². The van der Waals surface area contributed by atoms with E-state index in [4.69, 9.17) is 0 Å². The minimum Gasteiger partial charge on any atom is -0.310 e. The summed E-state index contributed by atoms with van der Waals surface area (Å²) < 4.78 is 0. The number of rotatable bonds is 7. The first-order chi connectivity index (χ1) is 10.9. The number of nitrogens with one attached hydrogen (secondary N) is 2. The van der Waals surface area contributed by atoms with Gasteiger partial charge in [-0.05, 0) is 24.1 Å². The lowest BCUT2D eigenvalue weighted by Gasteiger charge is -2.18. The molecule has 0 aliphatic heterocycles. The molecule has 0 saturated heterocycles. The van der Waals surface area contributed by atoms with Gasteiger partial charge in [-0.25, -0.2) is 4.98 Å². The molecule has 1 heterocycles. The lowest BCUT2D eigenvalue weighted by Crippen LogP contribution is -2.18. The van der Waals surface area contributed by atoms with E-state index in [2.05, 4.69) is 81.2 Å². The third-order valence-corrected chi connectivity index (χ3v) is 3.77. The van der Waals surface area contributed by atoms with Gasteiger partial charge >= 0.3 is 0 Å². The summed E-state index contributed by atoms with van der Waals surface area (Å²) in [5.74, 6) is 1.28. The van der Waals surface area contributed by atoms with E-state index in [1.807, 2.05) is 0 Å². The van der Waals surface area contributed by atoms with Gasteiger partial charge in [0.15, 0.2) is 0 Å². The standard InChI is InChI=1S/C18H20N4/c1-3-7-15(8-4-1)17(16-9-5-2-6-10-16)11-12-19-13-18-20-14-21-22-18/h1-10,14,17,19H,11-13H2,(H,20,21,22). The molecule has 22 heavy (non-hydrogen) atoms. The lowest BCUT2D eigenvalue weighted by molar-refractivity contribution is 0.599. The molecular weight excluding hydrogens is 272 g/mol. The molecule has 3 rings (SSSR count). The van der Waals surface area contributed by atoms with E-state index in [0.717, 1.165) is 25.3 Å². The maximum Gasteiger partial charge on any atom is 0.138 e. The molecule has 0 bridgehead atoms. The van der Waals surface area contributed by atoms with Crippen molar-refractivity contribution in [1.82, 2.24) is 20.5 Å². The van der Waals surface area contributed by atoms with Gasteiger partial charge in [0.05, 0.1) is 6.54 Å². The Kier molecular flexibility index (Phi) is 4.95. The Hall–Kier alpha value is -2.46. The molecule has 0 fully saturated rings. The van der Waals surface area contributed by atoms with Gasteiger partial charge in [-0.1, -0.05) is 60.7 Å². The minimum absolute atomic E-state index is 0.407. The number of H-pyrrole nitrogens is 1. The van der Waals surface area contributed by atoms with Gasteiger partial charge < -0.3 is 5.32 Å². The van der Waals surface area contributed by atoms with E-state index in [0.29, 0.717) is 5.92 Å². The number of nitrogens with zero attached hydrogens (tertiary/aromatic N) is 2. The molecule has 0 spiro atoms. The third-order valence-electron chi connectivity index (χ3n) is 3.77. The van der Waals surface area contributed by atoms with Crippen molar-refractivity contribution < 1.29 is 0 Å². The maximum absolute atomic E-state index is 4.12. The predicted molar refractivity (Wildman–Crippen MR) is 87.4 cm³/mol. The summed E-state index contributed by atoms with van der Waals surface area (Å²) in [4.78, 5) is 4.12. The van der Waals surface area contributed by atoms with Gasteiger partial charge in [-0.15, -0.1) is 0 Å². The summed E-state index contributed by atoms with van der Waals surface area (Å²) in [5.41, 5.74) is 2.71. The summed E-state index contributed by atoms with van der Waals surface area (Å²) in [7, 11) is 0. The highest BCUT2D eigenvalue weighted by Gasteiger charge is 2.13. The minimum atomic E-state index is 0.407. The normalized spacial score (nSPS) is 11.0. The molecule has 112 valence electrons. The topological polar surface area (TPSA) is 53.6 Å². The molecule has 0 amide bonds. The molecule has 4 heteroatoms. The van der Waals surface area contributed by atoms with Gasteiger partial charge in [-0.2, -0.15) is 5.10 Å². The molecule has 2 N–H and O–H groups in total. The molecule has 0 unspecified atom stereocenters. The summed E-state index contributed by atoms with van der Waals surface area (Å²) >= 11 is 0. The van der Waals surface area contributed by atoms with Crippen molar-refractivity contribution in [1.29, 1.82) is 0 Å². The first-order valence-corrected chi connectivity index (χ1v) is 7.58. The largest absolute Gasteiger partial charge is 0.310 e. The van der Waals surface area contributed by atoms with Crippen LogP contribution in [0, 0.1) is 0 Å². The van der Waals surface area contributed by atoms with Crippen LogP contribution >= 0.6 is 0 Å². The number of hydrogen-bond acceptors (Lipinski definition) is 3. The Labute approximate surface area is 130 Å². The van der Waals surface area contributed by atoms with E-state index in [1.165, 1.54) is 17.5 Å². The zero-order valence-electron chi connectivity index (χ0n) is 12.4. The zero-order valence-corrected chi connectivity index (χ0v) is 12.4. The predicted octanol–water partition coefficient (Wildman–Crippen LogP) is 3.12. The fraction of sp³-hybridized carbons (Fsp3) is 0.222. The van der Waals surface area contributed by atoms with Crippen molar-refractivity contribution >= 4 is 0 Å². The van der Waals surface area contributed by atoms with Crippen LogP contribution in [0.4, 0.5) is 0 Å². The van der Waals surface area contributed by atoms with Crippen LogP contribution in [0.5, 0.6) is 0 Å². The smallest absolute Gasteiger partial charge is 0.138 e. The Morgan fingerprint density at radius 3 is 2.09 bits per heavy atom. The molecule has 3 aromatic rings. The Morgan fingerprint density at radius 2 is 1.55 bits per heavy atom. The Bertz CT molecular complexity index is 611. The van der Waals surface area contributed by atoms with Crippen LogP contribution in [0.25, 0.3) is 0 Å². The monoisotopic (exact) mass is 292 g/mol. The summed E-state index contributed by atoms with van der Waals surface area (Å²) in [5, 5.41) is 10.1. The first kappa shape index (κ1) is 14.5. The molecular formula is C18H20N4. The molecule has 0 saturated carbocycles. The molecule has 1 aromatic heterocycles. The average molecular weight is 292 g/mol.